The largest absolute Gasteiger partial charge is 0.480 e. The Balaban J connectivity index is 2.08. The third-order valence-electron chi connectivity index (χ3n) is 3.49. The Bertz CT molecular complexity index is 607. The van der Waals surface area contributed by atoms with E-state index < -0.39 is 12.0 Å². The first-order chi connectivity index (χ1) is 10.0. The van der Waals surface area contributed by atoms with Crippen LogP contribution in [-0.4, -0.2) is 39.2 Å². The Labute approximate surface area is 123 Å². The zero-order chi connectivity index (χ0) is 15.4. The minimum Gasteiger partial charge on any atom is -0.480 e. The number of carboxylic acid groups (broad SMARTS) is 1. The van der Waals surface area contributed by atoms with E-state index in [1.807, 2.05) is 24.3 Å². The summed E-state index contributed by atoms with van der Waals surface area (Å²) in [6.07, 6.45) is 0.982. The summed E-state index contributed by atoms with van der Waals surface area (Å²) in [7, 11) is 1.71. The van der Waals surface area contributed by atoms with Crippen LogP contribution in [0, 0.1) is 0 Å². The Hall–Kier alpha value is -2.21. The minimum absolute atomic E-state index is 0.299. The molecule has 1 unspecified atom stereocenters. The van der Waals surface area contributed by atoms with Crippen LogP contribution in [0.15, 0.2) is 28.8 Å². The van der Waals surface area contributed by atoms with Crippen LogP contribution in [0.5, 0.6) is 0 Å². The first kappa shape index (κ1) is 15.2. The van der Waals surface area contributed by atoms with Crippen LogP contribution in [-0.2, 0) is 17.8 Å². The zero-order valence-corrected chi connectivity index (χ0v) is 12.4. The number of nitrogens with zero attached hydrogens (tertiary/aromatic N) is 3. The quantitative estimate of drug-likeness (QED) is 0.878. The summed E-state index contributed by atoms with van der Waals surface area (Å²) in [5.41, 5.74) is 2.13. The van der Waals surface area contributed by atoms with Gasteiger partial charge in [-0.15, -0.1) is 0 Å². The van der Waals surface area contributed by atoms with E-state index in [-0.39, 0.29) is 0 Å². The smallest absolute Gasteiger partial charge is 0.320 e. The molecule has 1 N–H and O–H groups in total. The van der Waals surface area contributed by atoms with Crippen molar-refractivity contribution in [3.05, 3.63) is 35.7 Å². The van der Waals surface area contributed by atoms with Crippen LogP contribution < -0.4 is 0 Å². The molecule has 6 heteroatoms. The number of carbonyl (C=O) groups is 1. The van der Waals surface area contributed by atoms with Crippen molar-refractivity contribution in [3.8, 4) is 11.4 Å². The van der Waals surface area contributed by atoms with E-state index in [1.165, 1.54) is 5.56 Å². The molecule has 0 aliphatic carbocycles. The van der Waals surface area contributed by atoms with Crippen molar-refractivity contribution < 1.29 is 14.4 Å². The van der Waals surface area contributed by atoms with E-state index in [9.17, 15) is 4.79 Å². The first-order valence-electron chi connectivity index (χ1n) is 6.86. The topological polar surface area (TPSA) is 79.5 Å². The van der Waals surface area contributed by atoms with Gasteiger partial charge in [-0.3, -0.25) is 9.69 Å². The third-order valence-corrected chi connectivity index (χ3v) is 3.49. The number of carboxylic acids is 1. The number of rotatable bonds is 6. The molecule has 21 heavy (non-hydrogen) atoms. The lowest BCUT2D eigenvalue weighted by Crippen LogP contribution is -2.35. The summed E-state index contributed by atoms with van der Waals surface area (Å²) in [5, 5.41) is 12.9. The van der Waals surface area contributed by atoms with Gasteiger partial charge in [0.05, 0.1) is 6.54 Å². The van der Waals surface area contributed by atoms with Crippen LogP contribution in [0.4, 0.5) is 0 Å². The molecule has 0 saturated carbocycles. The fourth-order valence-corrected chi connectivity index (χ4v) is 1.86. The number of likely N-dealkylation sites (N-methyl/N-ethyl adjacent to an activating group) is 1. The number of hydrogen-bond donors (Lipinski definition) is 1. The van der Waals surface area contributed by atoms with Crippen molar-refractivity contribution in [2.75, 3.05) is 7.05 Å². The SMILES string of the molecule is CCc1ccc(-c2noc(CN(C)C(C)C(=O)O)n2)cc1. The molecule has 1 atom stereocenters. The molecule has 1 heterocycles. The molecule has 2 rings (SSSR count). The van der Waals surface area contributed by atoms with E-state index in [0.29, 0.717) is 18.3 Å². The third kappa shape index (κ3) is 3.66. The second-order valence-electron chi connectivity index (χ2n) is 4.99. The van der Waals surface area contributed by atoms with Crippen molar-refractivity contribution in [2.24, 2.45) is 0 Å². The average Bonchev–Trinajstić information content (AvgIpc) is 2.94. The molecule has 0 aliphatic rings. The van der Waals surface area contributed by atoms with Crippen molar-refractivity contribution in [1.29, 1.82) is 0 Å². The number of aliphatic carboxylic acids is 1. The van der Waals surface area contributed by atoms with Crippen molar-refractivity contribution in [2.45, 2.75) is 32.9 Å². The fraction of sp³-hybridized carbons (Fsp3) is 0.400. The second-order valence-corrected chi connectivity index (χ2v) is 4.99. The fourth-order valence-electron chi connectivity index (χ4n) is 1.86. The molecule has 6 nitrogen and oxygen atoms in total. The average molecular weight is 289 g/mol. The van der Waals surface area contributed by atoms with Gasteiger partial charge in [0, 0.05) is 5.56 Å². The molecular weight excluding hydrogens is 270 g/mol. The molecule has 0 aliphatic heterocycles. The molecule has 2 aromatic rings. The number of aryl methyl sites for hydroxylation is 1. The van der Waals surface area contributed by atoms with Gasteiger partial charge < -0.3 is 9.63 Å². The first-order valence-corrected chi connectivity index (χ1v) is 6.86. The zero-order valence-electron chi connectivity index (χ0n) is 12.4. The van der Waals surface area contributed by atoms with Gasteiger partial charge in [-0.05, 0) is 26.0 Å². The Morgan fingerprint density at radius 3 is 2.62 bits per heavy atom. The molecular formula is C15H19N3O3. The number of benzene rings is 1. The van der Waals surface area contributed by atoms with Gasteiger partial charge in [0.2, 0.25) is 11.7 Å². The number of aromatic nitrogens is 2. The van der Waals surface area contributed by atoms with Crippen LogP contribution in [0.3, 0.4) is 0 Å². The molecule has 0 amide bonds. The van der Waals surface area contributed by atoms with Crippen LogP contribution in [0.2, 0.25) is 0 Å². The van der Waals surface area contributed by atoms with E-state index in [2.05, 4.69) is 17.1 Å². The molecule has 112 valence electrons. The van der Waals surface area contributed by atoms with Gasteiger partial charge in [-0.1, -0.05) is 36.3 Å². The summed E-state index contributed by atoms with van der Waals surface area (Å²) >= 11 is 0. The molecule has 1 aromatic heterocycles. The maximum absolute atomic E-state index is 10.9. The predicted octanol–water partition coefficient (Wildman–Crippen LogP) is 2.20. The van der Waals surface area contributed by atoms with Crippen LogP contribution in [0.25, 0.3) is 11.4 Å². The highest BCUT2D eigenvalue weighted by Gasteiger charge is 2.19. The van der Waals surface area contributed by atoms with E-state index in [4.69, 9.17) is 9.63 Å². The lowest BCUT2D eigenvalue weighted by molar-refractivity contribution is -0.142. The summed E-state index contributed by atoms with van der Waals surface area (Å²) in [4.78, 5) is 16.9. The Morgan fingerprint density at radius 2 is 2.05 bits per heavy atom. The van der Waals surface area contributed by atoms with Crippen molar-refractivity contribution in [1.82, 2.24) is 15.0 Å². The molecule has 0 spiro atoms. The highest BCUT2D eigenvalue weighted by Crippen LogP contribution is 2.17. The Kier molecular flexibility index (Phi) is 4.70. The normalized spacial score (nSPS) is 12.6. The van der Waals surface area contributed by atoms with Gasteiger partial charge in [-0.2, -0.15) is 4.98 Å². The lowest BCUT2D eigenvalue weighted by Gasteiger charge is -2.18. The van der Waals surface area contributed by atoms with Gasteiger partial charge in [0.15, 0.2) is 0 Å². The minimum atomic E-state index is -0.882. The predicted molar refractivity (Wildman–Crippen MR) is 77.7 cm³/mol. The molecule has 0 fully saturated rings. The van der Waals surface area contributed by atoms with E-state index >= 15 is 0 Å². The second kappa shape index (κ2) is 6.49. The maximum Gasteiger partial charge on any atom is 0.320 e. The van der Waals surface area contributed by atoms with Gasteiger partial charge in [0.25, 0.3) is 0 Å². The van der Waals surface area contributed by atoms with Crippen molar-refractivity contribution in [3.63, 3.8) is 0 Å². The van der Waals surface area contributed by atoms with E-state index in [0.717, 1.165) is 12.0 Å². The van der Waals surface area contributed by atoms with Crippen LogP contribution in [0.1, 0.15) is 25.3 Å². The van der Waals surface area contributed by atoms with Crippen LogP contribution >= 0.6 is 0 Å². The molecule has 0 saturated heterocycles. The lowest BCUT2D eigenvalue weighted by atomic mass is 10.1. The molecule has 0 bridgehead atoms. The highest BCUT2D eigenvalue weighted by atomic mass is 16.5. The monoisotopic (exact) mass is 289 g/mol. The standard InChI is InChI=1S/C15H19N3O3/c1-4-11-5-7-12(8-6-11)14-16-13(21-17-14)9-18(3)10(2)15(19)20/h5-8,10H,4,9H2,1-3H3,(H,19,20). The Morgan fingerprint density at radius 1 is 1.38 bits per heavy atom. The molecule has 1 aromatic carbocycles. The van der Waals surface area contributed by atoms with Gasteiger partial charge in [-0.25, -0.2) is 0 Å². The highest BCUT2D eigenvalue weighted by molar-refractivity contribution is 5.72. The van der Waals surface area contributed by atoms with E-state index in [1.54, 1.807) is 18.9 Å². The summed E-state index contributed by atoms with van der Waals surface area (Å²) in [6.45, 7) is 4.01. The van der Waals surface area contributed by atoms with Gasteiger partial charge in [0.1, 0.15) is 6.04 Å². The summed E-state index contributed by atoms with van der Waals surface area (Å²) in [6, 6.07) is 7.37. The maximum atomic E-state index is 10.9. The molecule has 0 radical (unpaired) electrons. The van der Waals surface area contributed by atoms with Crippen molar-refractivity contribution >= 4 is 5.97 Å². The summed E-state index contributed by atoms with van der Waals surface area (Å²) in [5.74, 6) is 0.0385. The van der Waals surface area contributed by atoms with Gasteiger partial charge >= 0.3 is 5.97 Å². The number of hydrogen-bond acceptors (Lipinski definition) is 5. The summed E-state index contributed by atoms with van der Waals surface area (Å²) < 4.78 is 5.18.